The van der Waals surface area contributed by atoms with Gasteiger partial charge in [0.2, 0.25) is 5.91 Å². The quantitative estimate of drug-likeness (QED) is 0.842. The van der Waals surface area contributed by atoms with Crippen molar-refractivity contribution in [3.8, 4) is 0 Å². The lowest BCUT2D eigenvalue weighted by Crippen LogP contribution is -2.69. The minimum absolute atomic E-state index is 0.188. The molecule has 1 N–H and O–H groups in total. The van der Waals surface area contributed by atoms with Crippen molar-refractivity contribution in [2.45, 2.75) is 45.3 Å². The third kappa shape index (κ3) is 2.96. The lowest BCUT2D eigenvalue weighted by atomic mass is 9.55. The monoisotopic (exact) mass is 296 g/mol. The van der Waals surface area contributed by atoms with Crippen LogP contribution in [0.3, 0.4) is 0 Å². The molecule has 0 bridgehead atoms. The van der Waals surface area contributed by atoms with Crippen LogP contribution in [-0.4, -0.2) is 62.4 Å². The molecule has 5 nitrogen and oxygen atoms in total. The van der Waals surface area contributed by atoms with E-state index in [9.17, 15) is 4.79 Å². The highest BCUT2D eigenvalue weighted by Crippen LogP contribution is 2.51. The van der Waals surface area contributed by atoms with E-state index in [1.165, 1.54) is 12.8 Å². The van der Waals surface area contributed by atoms with Crippen molar-refractivity contribution >= 4 is 5.91 Å². The Morgan fingerprint density at radius 3 is 2.81 bits per heavy atom. The number of carbonyl (C=O) groups excluding carboxylic acids is 1. The van der Waals surface area contributed by atoms with Gasteiger partial charge in [-0.2, -0.15) is 0 Å². The van der Waals surface area contributed by atoms with Crippen molar-refractivity contribution in [1.82, 2.24) is 10.2 Å². The molecule has 0 aromatic heterocycles. The van der Waals surface area contributed by atoms with Crippen LogP contribution in [0, 0.1) is 11.3 Å². The van der Waals surface area contributed by atoms with Crippen molar-refractivity contribution < 1.29 is 14.3 Å². The van der Waals surface area contributed by atoms with Crippen LogP contribution < -0.4 is 5.32 Å². The molecule has 3 fully saturated rings. The topological polar surface area (TPSA) is 50.8 Å². The summed E-state index contributed by atoms with van der Waals surface area (Å²) in [6.07, 6.45) is 3.41. The van der Waals surface area contributed by atoms with Gasteiger partial charge in [0, 0.05) is 50.0 Å². The molecule has 3 rings (SSSR count). The van der Waals surface area contributed by atoms with Crippen molar-refractivity contribution in [2.75, 3.05) is 39.5 Å². The largest absolute Gasteiger partial charge is 0.378 e. The van der Waals surface area contributed by atoms with Gasteiger partial charge in [0.1, 0.15) is 0 Å². The van der Waals surface area contributed by atoms with E-state index < -0.39 is 0 Å². The number of morpholine rings is 1. The number of nitrogens with zero attached hydrogens (tertiary/aromatic N) is 1. The van der Waals surface area contributed by atoms with Gasteiger partial charge >= 0.3 is 0 Å². The molecule has 1 saturated carbocycles. The van der Waals surface area contributed by atoms with E-state index in [0.29, 0.717) is 37.7 Å². The minimum atomic E-state index is 0.188. The second-order valence-corrected chi connectivity index (χ2v) is 7.09. The van der Waals surface area contributed by atoms with Gasteiger partial charge in [-0.1, -0.05) is 13.8 Å². The number of nitrogens with one attached hydrogen (secondary N) is 1. The van der Waals surface area contributed by atoms with Gasteiger partial charge in [0.15, 0.2) is 0 Å². The Morgan fingerprint density at radius 1 is 1.29 bits per heavy atom. The number of rotatable bonds is 4. The maximum Gasteiger partial charge on any atom is 0.224 e. The molecule has 21 heavy (non-hydrogen) atoms. The Hall–Kier alpha value is -0.650. The Bertz CT molecular complexity index is 380. The van der Waals surface area contributed by atoms with E-state index in [1.807, 2.05) is 4.90 Å². The Labute approximate surface area is 127 Å². The molecular formula is C16H28N2O3. The summed E-state index contributed by atoms with van der Waals surface area (Å²) in [7, 11) is 0. The molecular weight excluding hydrogens is 268 g/mol. The highest BCUT2D eigenvalue weighted by atomic mass is 16.5. The van der Waals surface area contributed by atoms with Gasteiger partial charge in [-0.15, -0.1) is 0 Å². The highest BCUT2D eigenvalue weighted by Gasteiger charge is 2.57. The number of ether oxygens (including phenoxy) is 2. The van der Waals surface area contributed by atoms with Crippen LogP contribution in [0.25, 0.3) is 0 Å². The molecule has 3 atom stereocenters. The third-order valence-corrected chi connectivity index (χ3v) is 5.40. The number of fused-ring (bicyclic) bond motifs is 1. The summed E-state index contributed by atoms with van der Waals surface area (Å²) in [5, 5.41) is 3.62. The molecule has 0 spiro atoms. The second kappa shape index (κ2) is 6.23. The SMILES string of the molecule is CC1(C)C(NCCC(=O)N2CCOCC2)C2CCCOC21. The number of carbonyl (C=O) groups is 1. The second-order valence-electron chi connectivity index (χ2n) is 7.09. The maximum absolute atomic E-state index is 12.1. The summed E-state index contributed by atoms with van der Waals surface area (Å²) in [4.78, 5) is 14.1. The molecule has 5 heteroatoms. The predicted octanol–water partition coefficient (Wildman–Crippen LogP) is 1.03. The molecule has 3 aliphatic rings. The van der Waals surface area contributed by atoms with Crippen LogP contribution in [0.2, 0.25) is 0 Å². The van der Waals surface area contributed by atoms with Crippen molar-refractivity contribution in [2.24, 2.45) is 11.3 Å². The van der Waals surface area contributed by atoms with Crippen LogP contribution in [0.1, 0.15) is 33.1 Å². The molecule has 0 aromatic carbocycles. The van der Waals surface area contributed by atoms with Crippen LogP contribution in [0.15, 0.2) is 0 Å². The normalized spacial score (nSPS) is 35.0. The van der Waals surface area contributed by atoms with E-state index in [0.717, 1.165) is 26.2 Å². The van der Waals surface area contributed by atoms with Gasteiger partial charge in [0.25, 0.3) is 0 Å². The van der Waals surface area contributed by atoms with E-state index in [4.69, 9.17) is 9.47 Å². The fourth-order valence-electron chi connectivity index (χ4n) is 4.24. The van der Waals surface area contributed by atoms with Crippen LogP contribution in [0.5, 0.6) is 0 Å². The fraction of sp³-hybridized carbons (Fsp3) is 0.938. The summed E-state index contributed by atoms with van der Waals surface area (Å²) in [5.41, 5.74) is 0.188. The predicted molar refractivity (Wildman–Crippen MR) is 80.1 cm³/mol. The Kier molecular flexibility index (Phi) is 4.52. The zero-order chi connectivity index (χ0) is 14.9. The van der Waals surface area contributed by atoms with Crippen LogP contribution >= 0.6 is 0 Å². The molecule has 0 aromatic rings. The van der Waals surface area contributed by atoms with Gasteiger partial charge in [0.05, 0.1) is 19.3 Å². The average molecular weight is 296 g/mol. The Morgan fingerprint density at radius 2 is 2.05 bits per heavy atom. The first kappa shape index (κ1) is 15.3. The summed E-state index contributed by atoms with van der Waals surface area (Å²) >= 11 is 0. The number of amides is 1. The molecule has 2 aliphatic heterocycles. The summed E-state index contributed by atoms with van der Waals surface area (Å²) in [5.74, 6) is 0.881. The van der Waals surface area contributed by atoms with E-state index in [2.05, 4.69) is 19.2 Å². The van der Waals surface area contributed by atoms with E-state index >= 15 is 0 Å². The molecule has 2 saturated heterocycles. The lowest BCUT2D eigenvalue weighted by Gasteiger charge is -2.60. The number of hydrogen-bond donors (Lipinski definition) is 1. The maximum atomic E-state index is 12.1. The van der Waals surface area contributed by atoms with E-state index in [-0.39, 0.29) is 11.3 Å². The molecule has 1 aliphatic carbocycles. The van der Waals surface area contributed by atoms with Crippen LogP contribution in [-0.2, 0) is 14.3 Å². The average Bonchev–Trinajstić information content (AvgIpc) is 2.52. The van der Waals surface area contributed by atoms with Gasteiger partial charge < -0.3 is 19.7 Å². The summed E-state index contributed by atoms with van der Waals surface area (Å²) in [6.45, 7) is 9.08. The zero-order valence-electron chi connectivity index (χ0n) is 13.3. The van der Waals surface area contributed by atoms with Gasteiger partial charge in [-0.3, -0.25) is 4.79 Å². The highest BCUT2D eigenvalue weighted by molar-refractivity contribution is 5.76. The molecule has 2 heterocycles. The standard InChI is InChI=1S/C16H28N2O3/c1-16(2)14(12-4-3-9-21-15(12)16)17-6-5-13(19)18-7-10-20-11-8-18/h12,14-15,17H,3-11H2,1-2H3. The van der Waals surface area contributed by atoms with Gasteiger partial charge in [-0.05, 0) is 12.8 Å². The molecule has 120 valence electrons. The van der Waals surface area contributed by atoms with Crippen molar-refractivity contribution in [3.63, 3.8) is 0 Å². The molecule has 3 unspecified atom stereocenters. The number of hydrogen-bond acceptors (Lipinski definition) is 4. The zero-order valence-corrected chi connectivity index (χ0v) is 13.3. The smallest absolute Gasteiger partial charge is 0.224 e. The van der Waals surface area contributed by atoms with Crippen LogP contribution in [0.4, 0.5) is 0 Å². The molecule has 1 amide bonds. The summed E-state index contributed by atoms with van der Waals surface area (Å²) in [6, 6.07) is 0.486. The first-order valence-corrected chi connectivity index (χ1v) is 8.31. The van der Waals surface area contributed by atoms with Crippen molar-refractivity contribution in [1.29, 1.82) is 0 Å². The minimum Gasteiger partial charge on any atom is -0.378 e. The Balaban J connectivity index is 1.43. The third-order valence-electron chi connectivity index (χ3n) is 5.40. The lowest BCUT2D eigenvalue weighted by molar-refractivity contribution is -0.192. The van der Waals surface area contributed by atoms with Gasteiger partial charge in [-0.25, -0.2) is 0 Å². The first-order chi connectivity index (χ1) is 10.1. The fourth-order valence-corrected chi connectivity index (χ4v) is 4.24. The first-order valence-electron chi connectivity index (χ1n) is 8.31. The van der Waals surface area contributed by atoms with E-state index in [1.54, 1.807) is 0 Å². The summed E-state index contributed by atoms with van der Waals surface area (Å²) < 4.78 is 11.2. The molecule has 0 radical (unpaired) electrons. The van der Waals surface area contributed by atoms with Crippen molar-refractivity contribution in [3.05, 3.63) is 0 Å².